The molecule has 1 aromatic carbocycles. The standard InChI is InChI=1S/C22H22N2O10/c25-17(26)9-23(10-18(27)28)15-5-1-13(2-6-15)19-21(29)20(22(19)30)14-3-7-16(8-4-14)24(11-33-31)12-34-32/h1-8,20-21,29H,9-12H2,(H3-,25,26,27,28,31,32)/p+1. The number of benzene rings is 1. The van der Waals surface area contributed by atoms with Crippen molar-refractivity contribution in [3.8, 4) is 0 Å². The van der Waals surface area contributed by atoms with Gasteiger partial charge in [0.15, 0.2) is 19.2 Å². The Bertz CT molecular complexity index is 1050. The number of hydrogen-bond acceptors (Lipinski definition) is 9. The van der Waals surface area contributed by atoms with Crippen LogP contribution in [0.25, 0.3) is 0 Å². The molecule has 2 aliphatic rings. The lowest BCUT2D eigenvalue weighted by Gasteiger charge is -2.36. The average molecular weight is 475 g/mol. The van der Waals surface area contributed by atoms with Crippen molar-refractivity contribution in [3.63, 3.8) is 0 Å². The number of ketones is 1. The van der Waals surface area contributed by atoms with Crippen molar-refractivity contribution in [1.82, 2.24) is 0 Å². The van der Waals surface area contributed by atoms with Crippen molar-refractivity contribution < 1.29 is 54.6 Å². The van der Waals surface area contributed by atoms with Crippen LogP contribution in [-0.2, 0) is 24.2 Å². The fourth-order valence-corrected chi connectivity index (χ4v) is 3.81. The molecule has 34 heavy (non-hydrogen) atoms. The first kappa shape index (κ1) is 25.0. The van der Waals surface area contributed by atoms with E-state index in [0.29, 0.717) is 22.5 Å². The van der Waals surface area contributed by atoms with E-state index in [1.54, 1.807) is 24.3 Å². The number of anilines is 1. The first-order chi connectivity index (χ1) is 16.3. The van der Waals surface area contributed by atoms with Gasteiger partial charge in [0.05, 0.1) is 12.0 Å². The van der Waals surface area contributed by atoms with Crippen molar-refractivity contribution >= 4 is 29.1 Å². The first-order valence-corrected chi connectivity index (χ1v) is 10.0. The van der Waals surface area contributed by atoms with Crippen LogP contribution >= 0.6 is 0 Å². The molecule has 2 atom stereocenters. The smallest absolute Gasteiger partial charge is 0.369 e. The van der Waals surface area contributed by atoms with Gasteiger partial charge in [0, 0.05) is 23.4 Å². The van der Waals surface area contributed by atoms with Crippen LogP contribution in [-0.4, -0.2) is 86.5 Å². The number of carbonyl (C=O) groups excluding carboxylic acids is 1. The number of rotatable bonds is 10. The summed E-state index contributed by atoms with van der Waals surface area (Å²) in [6.45, 7) is -1.55. The third kappa shape index (κ3) is 5.44. The predicted octanol–water partition coefficient (Wildman–Crippen LogP) is 0.460. The largest absolute Gasteiger partial charge is 0.477 e. The summed E-state index contributed by atoms with van der Waals surface area (Å²) in [7, 11) is 0. The second kappa shape index (κ2) is 11.0. The van der Waals surface area contributed by atoms with Crippen LogP contribution in [0.2, 0.25) is 0 Å². The van der Waals surface area contributed by atoms with E-state index in [2.05, 4.69) is 9.78 Å². The molecule has 1 fully saturated rings. The summed E-state index contributed by atoms with van der Waals surface area (Å²) in [6, 6.07) is 6.47. The molecular formula is C22H23N2O10+. The lowest BCUT2D eigenvalue weighted by atomic mass is 9.69. The molecule has 1 aromatic rings. The maximum Gasteiger partial charge on any atom is 0.369 e. The Morgan fingerprint density at radius 3 is 1.88 bits per heavy atom. The van der Waals surface area contributed by atoms with E-state index < -0.39 is 37.0 Å². The molecule has 180 valence electrons. The number of carboxylic acid groups (broad SMARTS) is 2. The minimum absolute atomic E-state index is 0.202. The zero-order valence-electron chi connectivity index (χ0n) is 17.8. The summed E-state index contributed by atoms with van der Waals surface area (Å²) in [5.74, 6) is -3.44. The van der Waals surface area contributed by atoms with Crippen LogP contribution < -0.4 is 4.90 Å². The third-order valence-electron chi connectivity index (χ3n) is 5.40. The Morgan fingerprint density at radius 1 is 0.912 bits per heavy atom. The quantitative estimate of drug-likeness (QED) is 0.104. The van der Waals surface area contributed by atoms with Gasteiger partial charge < -0.3 is 20.2 Å². The highest BCUT2D eigenvalue weighted by molar-refractivity contribution is 6.12. The average Bonchev–Trinajstić information content (AvgIpc) is 2.79. The zero-order valence-corrected chi connectivity index (χ0v) is 17.8. The molecule has 12 nitrogen and oxygen atoms in total. The molecule has 0 aromatic heterocycles. The van der Waals surface area contributed by atoms with Crippen molar-refractivity contribution in [2.24, 2.45) is 0 Å². The molecule has 0 heterocycles. The number of aliphatic hydroxyl groups excluding tert-OH is 1. The Labute approximate surface area is 193 Å². The summed E-state index contributed by atoms with van der Waals surface area (Å²) in [6.07, 6.45) is 4.98. The summed E-state index contributed by atoms with van der Waals surface area (Å²) in [5, 5.41) is 45.9. The van der Waals surface area contributed by atoms with E-state index in [1.807, 2.05) is 0 Å². The van der Waals surface area contributed by atoms with Crippen LogP contribution in [0.3, 0.4) is 0 Å². The fourth-order valence-electron chi connectivity index (χ4n) is 3.81. The number of hydrogen-bond donors (Lipinski definition) is 5. The number of aliphatic hydroxyl groups is 1. The van der Waals surface area contributed by atoms with Crippen molar-refractivity contribution in [2.45, 2.75) is 12.0 Å². The highest BCUT2D eigenvalue weighted by Crippen LogP contribution is 2.41. The molecule has 0 spiro atoms. The minimum Gasteiger partial charge on any atom is -0.477 e. The van der Waals surface area contributed by atoms with Gasteiger partial charge in [-0.3, -0.25) is 4.79 Å². The Balaban J connectivity index is 1.78. The third-order valence-corrected chi connectivity index (χ3v) is 5.40. The number of carboxylic acids is 2. The van der Waals surface area contributed by atoms with Crippen molar-refractivity contribution in [3.05, 3.63) is 65.3 Å². The number of carbonyl (C=O) groups is 3. The highest BCUT2D eigenvalue weighted by atomic mass is 17.1. The summed E-state index contributed by atoms with van der Waals surface area (Å²) in [4.78, 5) is 44.3. The zero-order chi connectivity index (χ0) is 24.8. The van der Waals surface area contributed by atoms with E-state index in [4.69, 9.17) is 20.7 Å². The number of allylic oxidation sites excluding steroid dienone is 5. The van der Waals surface area contributed by atoms with Crippen LogP contribution in [0.5, 0.6) is 0 Å². The van der Waals surface area contributed by atoms with E-state index in [-0.39, 0.29) is 24.8 Å². The van der Waals surface area contributed by atoms with Crippen LogP contribution in [0.4, 0.5) is 5.69 Å². The molecular weight excluding hydrogens is 452 g/mol. The Morgan fingerprint density at radius 2 is 1.44 bits per heavy atom. The number of aliphatic carboxylic acids is 2. The second-order valence-electron chi connectivity index (χ2n) is 7.54. The molecule has 0 aliphatic heterocycles. The molecule has 2 aliphatic carbocycles. The van der Waals surface area contributed by atoms with Gasteiger partial charge in [0.1, 0.15) is 0 Å². The monoisotopic (exact) mass is 475 g/mol. The van der Waals surface area contributed by atoms with Gasteiger partial charge in [0.25, 0.3) is 0 Å². The van der Waals surface area contributed by atoms with E-state index in [0.717, 1.165) is 4.58 Å². The number of nitrogens with zero attached hydrogens (tertiary/aromatic N) is 2. The first-order valence-electron chi connectivity index (χ1n) is 10.0. The van der Waals surface area contributed by atoms with Gasteiger partial charge in [-0.25, -0.2) is 34.5 Å². The van der Waals surface area contributed by atoms with Crippen LogP contribution in [0.1, 0.15) is 11.5 Å². The topological polar surface area (TPSA) is 177 Å². The molecule has 5 N–H and O–H groups in total. The van der Waals surface area contributed by atoms with Gasteiger partial charge in [-0.1, -0.05) is 12.1 Å². The molecule has 1 saturated carbocycles. The van der Waals surface area contributed by atoms with E-state index in [9.17, 15) is 19.5 Å². The Hall–Kier alpha value is -3.68. The minimum atomic E-state index is -1.19. The second-order valence-corrected chi connectivity index (χ2v) is 7.54. The Kier molecular flexibility index (Phi) is 8.04. The predicted molar refractivity (Wildman–Crippen MR) is 115 cm³/mol. The van der Waals surface area contributed by atoms with Crippen LogP contribution in [0, 0.1) is 0 Å². The molecule has 3 rings (SSSR count). The summed E-state index contributed by atoms with van der Waals surface area (Å²) in [5.41, 5.74) is 2.09. The molecule has 0 bridgehead atoms. The van der Waals surface area contributed by atoms with E-state index >= 15 is 0 Å². The normalized spacial score (nSPS) is 19.3. The van der Waals surface area contributed by atoms with Crippen LogP contribution in [0.15, 0.2) is 59.7 Å². The van der Waals surface area contributed by atoms with Gasteiger partial charge >= 0.3 is 11.9 Å². The molecule has 0 saturated heterocycles. The van der Waals surface area contributed by atoms with Gasteiger partial charge in [-0.2, -0.15) is 0 Å². The molecule has 0 amide bonds. The molecule has 2 unspecified atom stereocenters. The SMILES string of the molecule is O=C(O)C[N+](CC(=O)O)=C1C=CC(=C2C(=O)C(c3ccc(N(COO)COO)cc3)C2O)C=C1. The fraction of sp³-hybridized carbons (Fsp3) is 0.273. The van der Waals surface area contributed by atoms with Gasteiger partial charge in [-0.05, 0) is 35.4 Å². The van der Waals surface area contributed by atoms with Crippen molar-refractivity contribution in [1.29, 1.82) is 0 Å². The number of Topliss-reactive ketones (excluding diaryl/α,β-unsaturated/α-hetero) is 1. The van der Waals surface area contributed by atoms with Gasteiger partial charge in [0.2, 0.25) is 18.8 Å². The summed E-state index contributed by atoms with van der Waals surface area (Å²) >= 11 is 0. The lowest BCUT2D eigenvalue weighted by molar-refractivity contribution is -0.507. The molecule has 0 radical (unpaired) electrons. The summed E-state index contributed by atoms with van der Waals surface area (Å²) < 4.78 is 1.16. The van der Waals surface area contributed by atoms with Crippen molar-refractivity contribution in [2.75, 3.05) is 31.5 Å². The lowest BCUT2D eigenvalue weighted by Crippen LogP contribution is -2.43. The maximum atomic E-state index is 12.8. The van der Waals surface area contributed by atoms with Gasteiger partial charge in [-0.15, -0.1) is 0 Å². The molecule has 12 heteroatoms. The maximum absolute atomic E-state index is 12.8. The highest BCUT2D eigenvalue weighted by Gasteiger charge is 2.46. The van der Waals surface area contributed by atoms with E-state index in [1.165, 1.54) is 29.2 Å².